The molecule has 1 aromatic rings. The molecule has 0 amide bonds. The molecule has 0 saturated carbocycles. The third kappa shape index (κ3) is 1.68. The third-order valence-electron chi connectivity index (χ3n) is 1.25. The average molecular weight is 191 g/mol. The zero-order valence-electron chi connectivity index (χ0n) is 5.83. The molecular formula is C6H4ClFN2O2. The van der Waals surface area contributed by atoms with Crippen LogP contribution in [-0.4, -0.2) is 9.91 Å². The van der Waals surface area contributed by atoms with Crippen LogP contribution in [0, 0.1) is 10.1 Å². The highest BCUT2D eigenvalue weighted by atomic mass is 35.5. The number of hydrogen-bond donors (Lipinski definition) is 0. The first-order chi connectivity index (χ1) is 5.65. The third-order valence-corrected chi connectivity index (χ3v) is 1.59. The Labute approximate surface area is 72.1 Å². The van der Waals surface area contributed by atoms with Gasteiger partial charge >= 0.3 is 0 Å². The Morgan fingerprint density at radius 2 is 2.42 bits per heavy atom. The van der Waals surface area contributed by atoms with Crippen molar-refractivity contribution >= 4 is 17.3 Å². The van der Waals surface area contributed by atoms with E-state index in [1.807, 2.05) is 0 Å². The molecule has 6 heteroatoms. The quantitative estimate of drug-likeness (QED) is 0.408. The molecule has 0 atom stereocenters. The van der Waals surface area contributed by atoms with Crippen LogP contribution in [0.2, 0.25) is 5.15 Å². The number of alkyl halides is 1. The Hall–Kier alpha value is -1.23. The summed E-state index contributed by atoms with van der Waals surface area (Å²) in [6, 6.07) is 1.06. The van der Waals surface area contributed by atoms with E-state index in [1.165, 1.54) is 0 Å². The molecular weight excluding hydrogens is 187 g/mol. The largest absolute Gasteiger partial charge is 0.288 e. The summed E-state index contributed by atoms with van der Waals surface area (Å²) < 4.78 is 12.1. The van der Waals surface area contributed by atoms with E-state index in [2.05, 4.69) is 4.98 Å². The number of pyridine rings is 1. The van der Waals surface area contributed by atoms with Gasteiger partial charge in [0, 0.05) is 11.6 Å². The summed E-state index contributed by atoms with van der Waals surface area (Å²) in [5.41, 5.74) is -0.224. The van der Waals surface area contributed by atoms with E-state index >= 15 is 0 Å². The predicted octanol–water partition coefficient (Wildman–Crippen LogP) is 2.11. The van der Waals surface area contributed by atoms with Crippen molar-refractivity contribution in [2.45, 2.75) is 6.67 Å². The zero-order valence-corrected chi connectivity index (χ0v) is 6.58. The highest BCUT2D eigenvalue weighted by Gasteiger charge is 2.10. The van der Waals surface area contributed by atoms with E-state index in [1.54, 1.807) is 0 Å². The topological polar surface area (TPSA) is 56.0 Å². The number of aromatic nitrogens is 1. The fourth-order valence-electron chi connectivity index (χ4n) is 0.675. The van der Waals surface area contributed by atoms with Gasteiger partial charge in [-0.2, -0.15) is 0 Å². The van der Waals surface area contributed by atoms with E-state index in [0.29, 0.717) is 0 Å². The van der Waals surface area contributed by atoms with Gasteiger partial charge in [0.2, 0.25) is 0 Å². The fourth-order valence-corrected chi connectivity index (χ4v) is 0.828. The Morgan fingerprint density at radius 3 is 2.92 bits per heavy atom. The molecule has 0 aliphatic heterocycles. The van der Waals surface area contributed by atoms with Crippen LogP contribution in [0.4, 0.5) is 10.1 Å². The van der Waals surface area contributed by atoms with Crippen LogP contribution in [0.25, 0.3) is 0 Å². The highest BCUT2D eigenvalue weighted by molar-refractivity contribution is 6.30. The molecule has 0 unspecified atom stereocenters. The maximum atomic E-state index is 12.1. The number of halogens is 2. The van der Waals surface area contributed by atoms with E-state index in [0.717, 1.165) is 12.3 Å². The van der Waals surface area contributed by atoms with Crippen molar-refractivity contribution in [3.63, 3.8) is 0 Å². The molecule has 1 aromatic heterocycles. The highest BCUT2D eigenvalue weighted by Crippen LogP contribution is 2.19. The van der Waals surface area contributed by atoms with Gasteiger partial charge in [-0.05, 0) is 0 Å². The summed E-state index contributed by atoms with van der Waals surface area (Å²) in [5.74, 6) is 0. The summed E-state index contributed by atoms with van der Waals surface area (Å²) in [5, 5.41) is 10.1. The van der Waals surface area contributed by atoms with Crippen LogP contribution in [0.1, 0.15) is 5.56 Å². The fraction of sp³-hybridized carbons (Fsp3) is 0.167. The monoisotopic (exact) mass is 190 g/mol. The predicted molar refractivity (Wildman–Crippen MR) is 40.7 cm³/mol. The van der Waals surface area contributed by atoms with Gasteiger partial charge in [0.05, 0.1) is 4.92 Å². The lowest BCUT2D eigenvalue weighted by Gasteiger charge is -1.96. The van der Waals surface area contributed by atoms with Crippen molar-refractivity contribution in [3.05, 3.63) is 33.1 Å². The van der Waals surface area contributed by atoms with Gasteiger partial charge in [-0.1, -0.05) is 11.6 Å². The molecule has 1 rings (SSSR count). The molecule has 0 saturated heterocycles. The summed E-state index contributed by atoms with van der Waals surface area (Å²) in [4.78, 5) is 13.0. The molecule has 1 heterocycles. The Bertz CT molecular complexity index is 318. The Kier molecular flexibility index (Phi) is 2.54. The number of nitro groups is 1. The first-order valence-electron chi connectivity index (χ1n) is 3.00. The molecule has 0 radical (unpaired) electrons. The molecule has 64 valence electrons. The molecule has 0 aromatic carbocycles. The van der Waals surface area contributed by atoms with Gasteiger partial charge in [-0.3, -0.25) is 10.1 Å². The lowest BCUT2D eigenvalue weighted by Crippen LogP contribution is -1.92. The van der Waals surface area contributed by atoms with Gasteiger partial charge in [0.25, 0.3) is 5.69 Å². The van der Waals surface area contributed by atoms with Crippen molar-refractivity contribution < 1.29 is 9.31 Å². The molecule has 12 heavy (non-hydrogen) atoms. The van der Waals surface area contributed by atoms with Gasteiger partial charge < -0.3 is 0 Å². The number of hydrogen-bond acceptors (Lipinski definition) is 3. The van der Waals surface area contributed by atoms with E-state index < -0.39 is 11.6 Å². The summed E-state index contributed by atoms with van der Waals surface area (Å²) in [6.07, 6.45) is 0.988. The van der Waals surface area contributed by atoms with Crippen LogP contribution in [0.3, 0.4) is 0 Å². The Morgan fingerprint density at radius 1 is 1.75 bits per heavy atom. The molecule has 0 bridgehead atoms. The lowest BCUT2D eigenvalue weighted by atomic mass is 10.3. The van der Waals surface area contributed by atoms with Crippen molar-refractivity contribution in [1.29, 1.82) is 0 Å². The number of nitrogens with zero attached hydrogens (tertiary/aromatic N) is 2. The summed E-state index contributed by atoms with van der Waals surface area (Å²) >= 11 is 5.43. The van der Waals surface area contributed by atoms with Crippen LogP contribution < -0.4 is 0 Å². The maximum absolute atomic E-state index is 12.1. The molecule has 0 N–H and O–H groups in total. The minimum Gasteiger partial charge on any atom is -0.258 e. The summed E-state index contributed by atoms with van der Waals surface area (Å²) in [7, 11) is 0. The molecule has 0 spiro atoms. The van der Waals surface area contributed by atoms with E-state index in [9.17, 15) is 14.5 Å². The standard InChI is InChI=1S/C6H4ClFN2O2/c7-6-4(2-8)1-5(3-9-6)10(11)12/h1,3H,2H2. The first-order valence-corrected chi connectivity index (χ1v) is 3.37. The number of rotatable bonds is 2. The minimum atomic E-state index is -0.854. The lowest BCUT2D eigenvalue weighted by molar-refractivity contribution is -0.385. The second-order valence-electron chi connectivity index (χ2n) is 2.03. The SMILES string of the molecule is O=[N+]([O-])c1cnc(Cl)c(CF)c1. The summed E-state index contributed by atoms with van der Waals surface area (Å²) in [6.45, 7) is -0.854. The van der Waals surface area contributed by atoms with Gasteiger partial charge in [0.15, 0.2) is 0 Å². The minimum absolute atomic E-state index is 0.0332. The van der Waals surface area contributed by atoms with Gasteiger partial charge in [0.1, 0.15) is 18.0 Å². The maximum Gasteiger partial charge on any atom is 0.288 e. The second-order valence-corrected chi connectivity index (χ2v) is 2.39. The van der Waals surface area contributed by atoms with Crippen LogP contribution in [0.15, 0.2) is 12.3 Å². The molecule has 0 aliphatic carbocycles. The van der Waals surface area contributed by atoms with Crippen molar-refractivity contribution in [2.75, 3.05) is 0 Å². The zero-order chi connectivity index (χ0) is 9.14. The first kappa shape index (κ1) is 8.86. The van der Waals surface area contributed by atoms with Crippen LogP contribution >= 0.6 is 11.6 Å². The van der Waals surface area contributed by atoms with Crippen LogP contribution in [0.5, 0.6) is 0 Å². The van der Waals surface area contributed by atoms with Crippen molar-refractivity contribution in [3.8, 4) is 0 Å². The van der Waals surface area contributed by atoms with Crippen molar-refractivity contribution in [1.82, 2.24) is 4.98 Å². The molecule has 0 aliphatic rings. The Balaban J connectivity index is 3.13. The van der Waals surface area contributed by atoms with E-state index in [-0.39, 0.29) is 16.4 Å². The molecule has 0 fully saturated rings. The second kappa shape index (κ2) is 3.44. The van der Waals surface area contributed by atoms with Gasteiger partial charge in [-0.25, -0.2) is 9.37 Å². The van der Waals surface area contributed by atoms with Gasteiger partial charge in [-0.15, -0.1) is 0 Å². The average Bonchev–Trinajstić information content (AvgIpc) is 2.05. The van der Waals surface area contributed by atoms with Crippen molar-refractivity contribution in [2.24, 2.45) is 0 Å². The smallest absolute Gasteiger partial charge is 0.258 e. The van der Waals surface area contributed by atoms with E-state index in [4.69, 9.17) is 11.6 Å². The van der Waals surface area contributed by atoms with Crippen LogP contribution in [-0.2, 0) is 6.67 Å². The molecule has 4 nitrogen and oxygen atoms in total. The normalized spacial score (nSPS) is 9.83.